The van der Waals surface area contributed by atoms with Crippen LogP contribution in [0.25, 0.3) is 0 Å². The lowest BCUT2D eigenvalue weighted by Gasteiger charge is -2.39. The number of nitrogens with zero attached hydrogens (tertiary/aromatic N) is 1. The molecule has 2 rings (SSSR count). The minimum atomic E-state index is -0.971. The summed E-state index contributed by atoms with van der Waals surface area (Å²) in [7, 11) is 0. The largest absolute Gasteiger partial charge is 0.490 e. The molecule has 0 saturated carbocycles. The lowest BCUT2D eigenvalue weighted by Crippen LogP contribution is -2.52. The second-order valence-electron chi connectivity index (χ2n) is 5.77. The average Bonchev–Trinajstić information content (AvgIpc) is 2.49. The fraction of sp³-hybridized carbons (Fsp3) is 0.471. The van der Waals surface area contributed by atoms with E-state index in [4.69, 9.17) is 9.47 Å². The van der Waals surface area contributed by atoms with Crippen LogP contribution in [0.4, 0.5) is 5.69 Å². The zero-order valence-electron chi connectivity index (χ0n) is 13.4. The molecular formula is C17H23NO4. The van der Waals surface area contributed by atoms with Crippen molar-refractivity contribution in [3.8, 4) is 11.5 Å². The fourth-order valence-corrected chi connectivity index (χ4v) is 2.40. The molecule has 1 aliphatic rings. The lowest BCUT2D eigenvalue weighted by atomic mass is 10.0. The summed E-state index contributed by atoms with van der Waals surface area (Å²) in [5, 5.41) is 9.45. The number of amides is 1. The number of benzene rings is 1. The zero-order valence-corrected chi connectivity index (χ0v) is 13.4. The molecule has 0 unspecified atom stereocenters. The van der Waals surface area contributed by atoms with Gasteiger partial charge in [-0.1, -0.05) is 13.0 Å². The SMILES string of the molecule is C=CCN1C(=O)C(C)(C)Oc2c(OCCC)cc(CO)cc21. The second kappa shape index (κ2) is 6.40. The fourth-order valence-electron chi connectivity index (χ4n) is 2.40. The first-order chi connectivity index (χ1) is 10.4. The molecule has 1 heterocycles. The minimum Gasteiger partial charge on any atom is -0.490 e. The maximum atomic E-state index is 12.6. The van der Waals surface area contributed by atoms with Gasteiger partial charge in [-0.2, -0.15) is 0 Å². The number of hydrogen-bond donors (Lipinski definition) is 1. The molecular weight excluding hydrogens is 282 g/mol. The molecule has 120 valence electrons. The molecule has 0 bridgehead atoms. The van der Waals surface area contributed by atoms with E-state index in [0.29, 0.717) is 35.9 Å². The van der Waals surface area contributed by atoms with Gasteiger partial charge in [0, 0.05) is 6.54 Å². The number of hydrogen-bond acceptors (Lipinski definition) is 4. The molecule has 0 atom stereocenters. The van der Waals surface area contributed by atoms with Gasteiger partial charge in [-0.15, -0.1) is 6.58 Å². The normalized spacial score (nSPS) is 16.0. The van der Waals surface area contributed by atoms with Crippen molar-refractivity contribution in [3.63, 3.8) is 0 Å². The maximum absolute atomic E-state index is 12.6. The van der Waals surface area contributed by atoms with E-state index in [-0.39, 0.29) is 12.5 Å². The summed E-state index contributed by atoms with van der Waals surface area (Å²) in [4.78, 5) is 14.2. The van der Waals surface area contributed by atoms with Crippen molar-refractivity contribution in [1.82, 2.24) is 0 Å². The number of rotatable bonds is 6. The van der Waals surface area contributed by atoms with Crippen LogP contribution < -0.4 is 14.4 Å². The molecule has 0 spiro atoms. The van der Waals surface area contributed by atoms with Gasteiger partial charge in [0.15, 0.2) is 17.1 Å². The highest BCUT2D eigenvalue weighted by Gasteiger charge is 2.42. The number of ether oxygens (including phenoxy) is 2. The van der Waals surface area contributed by atoms with E-state index in [0.717, 1.165) is 6.42 Å². The van der Waals surface area contributed by atoms with Crippen molar-refractivity contribution in [3.05, 3.63) is 30.4 Å². The minimum absolute atomic E-state index is 0.130. The Morgan fingerprint density at radius 2 is 2.18 bits per heavy atom. The highest BCUT2D eigenvalue weighted by atomic mass is 16.5. The molecule has 0 radical (unpaired) electrons. The third-order valence-electron chi connectivity index (χ3n) is 3.46. The third kappa shape index (κ3) is 2.95. The first-order valence-corrected chi connectivity index (χ1v) is 7.47. The Labute approximate surface area is 131 Å². The summed E-state index contributed by atoms with van der Waals surface area (Å²) in [5.41, 5.74) is 0.318. The predicted molar refractivity (Wildman–Crippen MR) is 85.4 cm³/mol. The van der Waals surface area contributed by atoms with E-state index in [9.17, 15) is 9.90 Å². The Bertz CT molecular complexity index is 580. The van der Waals surface area contributed by atoms with E-state index in [1.165, 1.54) is 0 Å². The van der Waals surface area contributed by atoms with Crippen LogP contribution >= 0.6 is 0 Å². The Morgan fingerprint density at radius 3 is 2.77 bits per heavy atom. The highest BCUT2D eigenvalue weighted by Crippen LogP contribution is 2.45. The molecule has 0 fully saturated rings. The van der Waals surface area contributed by atoms with Gasteiger partial charge in [-0.3, -0.25) is 4.79 Å². The van der Waals surface area contributed by atoms with Crippen molar-refractivity contribution >= 4 is 11.6 Å². The summed E-state index contributed by atoms with van der Waals surface area (Å²) in [6.45, 7) is 9.98. The van der Waals surface area contributed by atoms with Crippen molar-refractivity contribution in [2.24, 2.45) is 0 Å². The molecule has 22 heavy (non-hydrogen) atoms. The molecule has 0 aliphatic carbocycles. The standard InChI is InChI=1S/C17H23NO4/c1-5-7-18-13-9-12(11-19)10-14(21-8-6-2)15(13)22-17(3,4)16(18)20/h5,9-10,19H,1,6-8,11H2,2-4H3. The van der Waals surface area contributed by atoms with Crippen LogP contribution in [0.2, 0.25) is 0 Å². The predicted octanol–water partition coefficient (Wildman–Crippen LogP) is 2.66. The van der Waals surface area contributed by atoms with E-state index in [2.05, 4.69) is 6.58 Å². The number of anilines is 1. The van der Waals surface area contributed by atoms with Gasteiger partial charge in [0.2, 0.25) is 0 Å². The average molecular weight is 305 g/mol. The van der Waals surface area contributed by atoms with E-state index >= 15 is 0 Å². The highest BCUT2D eigenvalue weighted by molar-refractivity contribution is 6.03. The molecule has 1 aromatic carbocycles. The Kier molecular flexibility index (Phi) is 4.76. The molecule has 5 nitrogen and oxygen atoms in total. The number of aliphatic hydroxyl groups is 1. The first kappa shape index (κ1) is 16.4. The summed E-state index contributed by atoms with van der Waals surface area (Å²) in [6.07, 6.45) is 2.53. The Hall–Kier alpha value is -2.01. The van der Waals surface area contributed by atoms with Gasteiger partial charge in [0.25, 0.3) is 5.91 Å². The summed E-state index contributed by atoms with van der Waals surface area (Å²) in [5.74, 6) is 0.951. The van der Waals surface area contributed by atoms with Gasteiger partial charge < -0.3 is 19.5 Å². The molecule has 0 saturated heterocycles. The number of aliphatic hydroxyl groups excluding tert-OH is 1. The van der Waals surface area contributed by atoms with E-state index < -0.39 is 5.60 Å². The summed E-state index contributed by atoms with van der Waals surface area (Å²) >= 11 is 0. The molecule has 0 aromatic heterocycles. The molecule has 1 aliphatic heterocycles. The van der Waals surface area contributed by atoms with Crippen LogP contribution in [0, 0.1) is 0 Å². The van der Waals surface area contributed by atoms with Crippen LogP contribution in [0.1, 0.15) is 32.8 Å². The zero-order chi connectivity index (χ0) is 16.3. The molecule has 1 aromatic rings. The first-order valence-electron chi connectivity index (χ1n) is 7.47. The molecule has 1 amide bonds. The Morgan fingerprint density at radius 1 is 1.45 bits per heavy atom. The van der Waals surface area contributed by atoms with Gasteiger partial charge in [-0.05, 0) is 38.0 Å². The Balaban J connectivity index is 2.58. The van der Waals surface area contributed by atoms with Gasteiger partial charge in [0.1, 0.15) is 0 Å². The van der Waals surface area contributed by atoms with Crippen LogP contribution in [-0.2, 0) is 11.4 Å². The van der Waals surface area contributed by atoms with Crippen LogP contribution in [0.15, 0.2) is 24.8 Å². The van der Waals surface area contributed by atoms with Crippen LogP contribution in [-0.4, -0.2) is 29.8 Å². The van der Waals surface area contributed by atoms with Crippen molar-refractivity contribution in [2.45, 2.75) is 39.4 Å². The monoisotopic (exact) mass is 305 g/mol. The summed E-state index contributed by atoms with van der Waals surface area (Å²) < 4.78 is 11.7. The van der Waals surface area contributed by atoms with Crippen molar-refractivity contribution in [2.75, 3.05) is 18.1 Å². The summed E-state index contributed by atoms with van der Waals surface area (Å²) in [6, 6.07) is 3.51. The van der Waals surface area contributed by atoms with Crippen LogP contribution in [0.5, 0.6) is 11.5 Å². The van der Waals surface area contributed by atoms with Crippen LogP contribution in [0.3, 0.4) is 0 Å². The van der Waals surface area contributed by atoms with Crippen molar-refractivity contribution in [1.29, 1.82) is 0 Å². The van der Waals surface area contributed by atoms with Gasteiger partial charge in [0.05, 0.1) is 18.9 Å². The van der Waals surface area contributed by atoms with E-state index in [1.54, 1.807) is 37.0 Å². The number of fused-ring (bicyclic) bond motifs is 1. The molecule has 5 heteroatoms. The lowest BCUT2D eigenvalue weighted by molar-refractivity contribution is -0.132. The van der Waals surface area contributed by atoms with Crippen molar-refractivity contribution < 1.29 is 19.4 Å². The molecule has 1 N–H and O–H groups in total. The van der Waals surface area contributed by atoms with Gasteiger partial charge >= 0.3 is 0 Å². The number of carbonyl (C=O) groups is 1. The maximum Gasteiger partial charge on any atom is 0.270 e. The van der Waals surface area contributed by atoms with E-state index in [1.807, 2.05) is 6.92 Å². The van der Waals surface area contributed by atoms with Gasteiger partial charge in [-0.25, -0.2) is 0 Å². The smallest absolute Gasteiger partial charge is 0.270 e. The quantitative estimate of drug-likeness (QED) is 0.821. The topological polar surface area (TPSA) is 59.0 Å². The third-order valence-corrected chi connectivity index (χ3v) is 3.46. The number of carbonyl (C=O) groups excluding carboxylic acids is 1. The second-order valence-corrected chi connectivity index (χ2v) is 5.77.